The van der Waals surface area contributed by atoms with Gasteiger partial charge in [0, 0.05) is 13.6 Å². The van der Waals surface area contributed by atoms with Gasteiger partial charge < -0.3 is 14.4 Å². The van der Waals surface area contributed by atoms with Gasteiger partial charge in [-0.25, -0.2) is 0 Å². The summed E-state index contributed by atoms with van der Waals surface area (Å²) in [5.74, 6) is 1.58. The van der Waals surface area contributed by atoms with Crippen molar-refractivity contribution in [1.29, 1.82) is 0 Å². The molecule has 1 aliphatic rings. The zero-order valence-corrected chi connectivity index (χ0v) is 10.6. The van der Waals surface area contributed by atoms with Crippen LogP contribution in [0.4, 0.5) is 4.79 Å². The molecule has 0 saturated heterocycles. The Kier molecular flexibility index (Phi) is 3.78. The van der Waals surface area contributed by atoms with Crippen LogP contribution in [0.15, 0.2) is 18.2 Å². The molecule has 1 heterocycles. The summed E-state index contributed by atoms with van der Waals surface area (Å²) in [5.41, 5.74) is 1.12. The minimum absolute atomic E-state index is 0.220. The maximum atomic E-state index is 10.9. The summed E-state index contributed by atoms with van der Waals surface area (Å²) in [4.78, 5) is 12.5. The van der Waals surface area contributed by atoms with E-state index >= 15 is 0 Å². The van der Waals surface area contributed by atoms with Gasteiger partial charge in [0.2, 0.25) is 0 Å². The second-order valence-corrected chi connectivity index (χ2v) is 4.31. The Morgan fingerprint density at radius 1 is 1.35 bits per heavy atom. The topological polar surface area (TPSA) is 38.8 Å². The van der Waals surface area contributed by atoms with E-state index in [1.807, 2.05) is 18.2 Å². The fraction of sp³-hybridized carbons (Fsp3) is 0.417. The molecule has 0 atom stereocenters. The molecule has 1 amide bonds. The largest absolute Gasteiger partial charge is 0.486 e. The molecule has 5 heteroatoms. The third kappa shape index (κ3) is 3.06. The lowest BCUT2D eigenvalue weighted by molar-refractivity contribution is 0.171. The molecular weight excluding hydrogens is 238 g/mol. The molecule has 0 spiro atoms. The van der Waals surface area contributed by atoms with Crippen molar-refractivity contribution in [2.75, 3.05) is 26.8 Å². The highest BCUT2D eigenvalue weighted by molar-refractivity contribution is 7.96. The average molecular weight is 253 g/mol. The summed E-state index contributed by atoms with van der Waals surface area (Å²) in [6.07, 6.45) is 0.777. The van der Waals surface area contributed by atoms with E-state index in [1.54, 1.807) is 11.9 Å². The van der Waals surface area contributed by atoms with Crippen molar-refractivity contribution in [2.24, 2.45) is 0 Å². The molecule has 0 fully saturated rings. The summed E-state index contributed by atoms with van der Waals surface area (Å²) in [6, 6.07) is 5.86. The first-order valence-electron chi connectivity index (χ1n) is 5.49. The van der Waals surface area contributed by atoms with Gasteiger partial charge in [-0.2, -0.15) is 0 Å². The van der Waals surface area contributed by atoms with Crippen molar-refractivity contribution < 1.29 is 14.3 Å². The predicted octanol–water partition coefficient (Wildman–Crippen LogP) is 1.98. The fourth-order valence-electron chi connectivity index (χ4n) is 1.64. The highest BCUT2D eigenvalue weighted by Crippen LogP contribution is 2.30. The highest BCUT2D eigenvalue weighted by Gasteiger charge is 2.12. The summed E-state index contributed by atoms with van der Waals surface area (Å²) >= 11 is 3.76. The van der Waals surface area contributed by atoms with Crippen LogP contribution >= 0.6 is 12.6 Å². The summed E-state index contributed by atoms with van der Waals surface area (Å²) in [7, 11) is 1.73. The molecule has 0 radical (unpaired) electrons. The first-order chi connectivity index (χ1) is 8.16. The number of ether oxygens (including phenoxy) is 2. The molecule has 1 aliphatic heterocycles. The number of thiol groups is 1. The SMILES string of the molecule is CN(CCc1ccc2c(c1)OCCO2)C(=O)S. The fourth-order valence-corrected chi connectivity index (χ4v) is 1.74. The zero-order chi connectivity index (χ0) is 12.3. The van der Waals surface area contributed by atoms with Crippen LogP contribution in [-0.2, 0) is 6.42 Å². The molecule has 0 unspecified atom stereocenters. The van der Waals surface area contributed by atoms with Gasteiger partial charge in [-0.05, 0) is 24.1 Å². The Morgan fingerprint density at radius 2 is 2.06 bits per heavy atom. The van der Waals surface area contributed by atoms with Gasteiger partial charge in [0.25, 0.3) is 5.24 Å². The molecule has 0 aliphatic carbocycles. The van der Waals surface area contributed by atoms with E-state index < -0.39 is 0 Å². The standard InChI is InChI=1S/C12H15NO3S/c1-13(12(14)17)5-4-9-2-3-10-11(8-9)16-7-6-15-10/h2-3,8H,4-7H2,1H3,(H,14,17). The molecule has 17 heavy (non-hydrogen) atoms. The lowest BCUT2D eigenvalue weighted by atomic mass is 10.1. The van der Waals surface area contributed by atoms with Crippen LogP contribution in [0.5, 0.6) is 11.5 Å². The van der Waals surface area contributed by atoms with Crippen LogP contribution in [0.3, 0.4) is 0 Å². The monoisotopic (exact) mass is 253 g/mol. The van der Waals surface area contributed by atoms with E-state index in [9.17, 15) is 4.79 Å². The van der Waals surface area contributed by atoms with Gasteiger partial charge in [-0.15, -0.1) is 0 Å². The average Bonchev–Trinajstić information content (AvgIpc) is 2.35. The number of hydrogen-bond acceptors (Lipinski definition) is 3. The van der Waals surface area contributed by atoms with Crippen molar-refractivity contribution in [3.8, 4) is 11.5 Å². The second kappa shape index (κ2) is 5.31. The Balaban J connectivity index is 2.00. The number of rotatable bonds is 3. The summed E-state index contributed by atoms with van der Waals surface area (Å²) in [6.45, 7) is 1.83. The van der Waals surface area contributed by atoms with Crippen LogP contribution in [0.1, 0.15) is 5.56 Å². The van der Waals surface area contributed by atoms with Crippen molar-refractivity contribution in [1.82, 2.24) is 4.90 Å². The van der Waals surface area contributed by atoms with Crippen LogP contribution in [0, 0.1) is 0 Å². The van der Waals surface area contributed by atoms with E-state index in [0.717, 1.165) is 23.5 Å². The number of benzene rings is 1. The van der Waals surface area contributed by atoms with E-state index in [2.05, 4.69) is 12.6 Å². The Hall–Kier alpha value is -1.36. The number of amides is 1. The van der Waals surface area contributed by atoms with E-state index in [4.69, 9.17) is 9.47 Å². The minimum Gasteiger partial charge on any atom is -0.486 e. The zero-order valence-electron chi connectivity index (χ0n) is 9.68. The minimum atomic E-state index is -0.220. The number of carbonyl (C=O) groups excluding carboxylic acids is 1. The number of hydrogen-bond donors (Lipinski definition) is 1. The van der Waals surface area contributed by atoms with Gasteiger partial charge >= 0.3 is 0 Å². The maximum Gasteiger partial charge on any atom is 0.278 e. The lowest BCUT2D eigenvalue weighted by Gasteiger charge is -2.19. The Bertz CT molecular complexity index is 422. The molecule has 2 rings (SSSR count). The van der Waals surface area contributed by atoms with E-state index in [1.165, 1.54) is 0 Å². The van der Waals surface area contributed by atoms with Gasteiger partial charge in [-0.1, -0.05) is 18.7 Å². The molecule has 0 N–H and O–H groups in total. The molecule has 0 aromatic heterocycles. The van der Waals surface area contributed by atoms with Gasteiger partial charge in [0.1, 0.15) is 13.2 Å². The molecule has 4 nitrogen and oxygen atoms in total. The van der Waals surface area contributed by atoms with Gasteiger partial charge in [0.05, 0.1) is 0 Å². The molecule has 0 saturated carbocycles. The van der Waals surface area contributed by atoms with E-state index in [-0.39, 0.29) is 5.24 Å². The molecule has 0 bridgehead atoms. The smallest absolute Gasteiger partial charge is 0.278 e. The van der Waals surface area contributed by atoms with Crippen molar-refractivity contribution in [3.63, 3.8) is 0 Å². The predicted molar refractivity (Wildman–Crippen MR) is 68.1 cm³/mol. The normalized spacial score (nSPS) is 13.3. The molecule has 1 aromatic carbocycles. The van der Waals surface area contributed by atoms with Crippen LogP contribution in [0.2, 0.25) is 0 Å². The number of fused-ring (bicyclic) bond motifs is 1. The van der Waals surface area contributed by atoms with Gasteiger partial charge in [-0.3, -0.25) is 4.79 Å². The van der Waals surface area contributed by atoms with Gasteiger partial charge in [0.15, 0.2) is 11.5 Å². The van der Waals surface area contributed by atoms with Crippen molar-refractivity contribution in [2.45, 2.75) is 6.42 Å². The van der Waals surface area contributed by atoms with Crippen LogP contribution in [-0.4, -0.2) is 36.9 Å². The lowest BCUT2D eigenvalue weighted by Crippen LogP contribution is -2.23. The first-order valence-corrected chi connectivity index (χ1v) is 5.94. The second-order valence-electron chi connectivity index (χ2n) is 3.93. The third-order valence-corrected chi connectivity index (χ3v) is 3.01. The number of nitrogens with zero attached hydrogens (tertiary/aromatic N) is 1. The molecule has 1 aromatic rings. The number of carbonyl (C=O) groups is 1. The van der Waals surface area contributed by atoms with E-state index in [0.29, 0.717) is 19.8 Å². The Morgan fingerprint density at radius 3 is 2.76 bits per heavy atom. The van der Waals surface area contributed by atoms with Crippen molar-refractivity contribution >= 4 is 17.9 Å². The van der Waals surface area contributed by atoms with Crippen LogP contribution in [0.25, 0.3) is 0 Å². The third-order valence-electron chi connectivity index (χ3n) is 2.67. The summed E-state index contributed by atoms with van der Waals surface area (Å²) in [5, 5.41) is -0.220. The quantitative estimate of drug-likeness (QED) is 0.837. The first kappa shape index (κ1) is 12.1. The van der Waals surface area contributed by atoms with Crippen molar-refractivity contribution in [3.05, 3.63) is 23.8 Å². The maximum absolute atomic E-state index is 10.9. The molecular formula is C12H15NO3S. The molecule has 92 valence electrons. The highest BCUT2D eigenvalue weighted by atomic mass is 32.1. The summed E-state index contributed by atoms with van der Waals surface area (Å²) < 4.78 is 10.9. The Labute approximate surface area is 106 Å². The van der Waals surface area contributed by atoms with Crippen LogP contribution < -0.4 is 9.47 Å². The number of likely N-dealkylation sites (N-methyl/N-ethyl adjacent to an activating group) is 1.